The first-order chi connectivity index (χ1) is 4.81. The van der Waals surface area contributed by atoms with Gasteiger partial charge in [-0.2, -0.15) is 0 Å². The summed E-state index contributed by atoms with van der Waals surface area (Å²) in [6.07, 6.45) is 2.21. The Bertz CT molecular complexity index is 97.7. The molecule has 0 heterocycles. The van der Waals surface area contributed by atoms with Gasteiger partial charge < -0.3 is 4.74 Å². The van der Waals surface area contributed by atoms with E-state index in [2.05, 4.69) is 9.57 Å². The molecule has 0 aromatic rings. The monoisotopic (exact) mass is 165 g/mol. The Morgan fingerprint density at radius 1 is 1.60 bits per heavy atom. The quantitative estimate of drug-likeness (QED) is 0.376. The van der Waals surface area contributed by atoms with Crippen molar-refractivity contribution in [3.8, 4) is 0 Å². The second kappa shape index (κ2) is 6.83. The molecule has 0 aromatic carbocycles. The number of ether oxygens (including phenoxy) is 1. The van der Waals surface area contributed by atoms with Gasteiger partial charge >= 0.3 is 5.97 Å². The first-order valence-corrected chi connectivity index (χ1v) is 3.59. The molecular formula is C6H12ClNO2. The molecular weight excluding hydrogens is 154 g/mol. The summed E-state index contributed by atoms with van der Waals surface area (Å²) in [5.41, 5.74) is 0. The molecule has 0 amide bonds. The van der Waals surface area contributed by atoms with Crippen molar-refractivity contribution in [2.45, 2.75) is 19.3 Å². The predicted molar refractivity (Wildman–Crippen MR) is 39.7 cm³/mol. The third-order valence-corrected chi connectivity index (χ3v) is 1.32. The minimum Gasteiger partial charge on any atom is -0.469 e. The molecule has 0 saturated heterocycles. The van der Waals surface area contributed by atoms with E-state index >= 15 is 0 Å². The smallest absolute Gasteiger partial charge is 0.305 e. The van der Waals surface area contributed by atoms with Crippen LogP contribution in [0.4, 0.5) is 0 Å². The van der Waals surface area contributed by atoms with E-state index in [0.717, 1.165) is 19.4 Å². The normalized spacial score (nSPS) is 9.40. The van der Waals surface area contributed by atoms with Gasteiger partial charge in [-0.3, -0.25) is 4.79 Å². The highest BCUT2D eigenvalue weighted by Gasteiger charge is 1.97. The number of carbonyl (C=O) groups is 1. The molecule has 0 aromatic heterocycles. The molecule has 0 aliphatic heterocycles. The van der Waals surface area contributed by atoms with Crippen LogP contribution in [-0.4, -0.2) is 19.6 Å². The van der Waals surface area contributed by atoms with E-state index in [9.17, 15) is 4.79 Å². The van der Waals surface area contributed by atoms with E-state index in [-0.39, 0.29) is 5.97 Å². The van der Waals surface area contributed by atoms with Gasteiger partial charge in [0.1, 0.15) is 0 Å². The number of hydrogen-bond acceptors (Lipinski definition) is 3. The van der Waals surface area contributed by atoms with Gasteiger partial charge in [-0.25, -0.2) is 4.84 Å². The number of methoxy groups -OCH3 is 1. The maximum Gasteiger partial charge on any atom is 0.305 e. The predicted octanol–water partition coefficient (Wildman–Crippen LogP) is 1.07. The number of carbonyl (C=O) groups excluding carboxylic acids is 1. The van der Waals surface area contributed by atoms with Gasteiger partial charge in [0.15, 0.2) is 0 Å². The van der Waals surface area contributed by atoms with Crippen molar-refractivity contribution < 1.29 is 9.53 Å². The second-order valence-electron chi connectivity index (χ2n) is 1.92. The fraction of sp³-hybridized carbons (Fsp3) is 0.833. The number of nitrogens with one attached hydrogen (secondary N) is 1. The van der Waals surface area contributed by atoms with Gasteiger partial charge in [-0.15, -0.1) is 0 Å². The lowest BCUT2D eigenvalue weighted by molar-refractivity contribution is -0.140. The Balaban J connectivity index is 2.96. The number of rotatable bonds is 5. The standard InChI is InChI=1S/C6H12ClNO2/c1-10-6(9)4-2-3-5-8-7/h8H,2-5H2,1H3. The number of halogens is 1. The first kappa shape index (κ1) is 9.72. The van der Waals surface area contributed by atoms with E-state index in [1.54, 1.807) is 0 Å². The highest BCUT2D eigenvalue weighted by molar-refractivity contribution is 6.13. The number of unbranched alkanes of at least 4 members (excludes halogenated alkanes) is 1. The van der Waals surface area contributed by atoms with Crippen LogP contribution in [0.1, 0.15) is 19.3 Å². The second-order valence-corrected chi connectivity index (χ2v) is 2.18. The van der Waals surface area contributed by atoms with Crippen LogP contribution in [0.5, 0.6) is 0 Å². The summed E-state index contributed by atoms with van der Waals surface area (Å²) >= 11 is 5.18. The molecule has 0 bridgehead atoms. The van der Waals surface area contributed by atoms with Crippen molar-refractivity contribution in [1.29, 1.82) is 0 Å². The molecule has 0 fully saturated rings. The van der Waals surface area contributed by atoms with Gasteiger partial charge in [-0.1, -0.05) is 0 Å². The molecule has 0 aliphatic carbocycles. The molecule has 0 aliphatic rings. The molecule has 0 unspecified atom stereocenters. The zero-order valence-corrected chi connectivity index (χ0v) is 6.78. The van der Waals surface area contributed by atoms with Crippen molar-refractivity contribution in [1.82, 2.24) is 4.84 Å². The lowest BCUT2D eigenvalue weighted by Gasteiger charge is -1.97. The molecule has 3 nitrogen and oxygen atoms in total. The highest BCUT2D eigenvalue weighted by atomic mass is 35.5. The lowest BCUT2D eigenvalue weighted by Crippen LogP contribution is -2.04. The minimum atomic E-state index is -0.158. The van der Waals surface area contributed by atoms with Crippen LogP contribution >= 0.6 is 11.8 Å². The number of hydrogen-bond donors (Lipinski definition) is 1. The van der Waals surface area contributed by atoms with Crippen molar-refractivity contribution in [2.24, 2.45) is 0 Å². The largest absolute Gasteiger partial charge is 0.469 e. The van der Waals surface area contributed by atoms with Gasteiger partial charge in [0, 0.05) is 13.0 Å². The van der Waals surface area contributed by atoms with Crippen molar-refractivity contribution in [2.75, 3.05) is 13.7 Å². The molecule has 4 heteroatoms. The van der Waals surface area contributed by atoms with Crippen LogP contribution in [0.15, 0.2) is 0 Å². The SMILES string of the molecule is COC(=O)CCCCNCl. The summed E-state index contributed by atoms with van der Waals surface area (Å²) in [6.45, 7) is 0.735. The van der Waals surface area contributed by atoms with E-state index in [1.807, 2.05) is 0 Å². The van der Waals surface area contributed by atoms with E-state index in [4.69, 9.17) is 11.8 Å². The van der Waals surface area contributed by atoms with E-state index < -0.39 is 0 Å². The van der Waals surface area contributed by atoms with Gasteiger partial charge in [-0.05, 0) is 24.6 Å². The average Bonchev–Trinajstić information content (AvgIpc) is 1.98. The highest BCUT2D eigenvalue weighted by Crippen LogP contribution is 1.95. The molecule has 0 rings (SSSR count). The van der Waals surface area contributed by atoms with Crippen LogP contribution < -0.4 is 4.84 Å². The van der Waals surface area contributed by atoms with Crippen molar-refractivity contribution in [3.63, 3.8) is 0 Å². The Kier molecular flexibility index (Phi) is 6.64. The Morgan fingerprint density at radius 3 is 2.80 bits per heavy atom. The topological polar surface area (TPSA) is 38.3 Å². The molecule has 10 heavy (non-hydrogen) atoms. The first-order valence-electron chi connectivity index (χ1n) is 3.21. The third-order valence-electron chi connectivity index (χ3n) is 1.13. The van der Waals surface area contributed by atoms with E-state index in [0.29, 0.717) is 6.42 Å². The van der Waals surface area contributed by atoms with Gasteiger partial charge in [0.25, 0.3) is 0 Å². The zero-order chi connectivity index (χ0) is 7.82. The maximum atomic E-state index is 10.5. The average molecular weight is 166 g/mol. The maximum absolute atomic E-state index is 10.5. The van der Waals surface area contributed by atoms with Crippen LogP contribution in [0.2, 0.25) is 0 Å². The zero-order valence-electron chi connectivity index (χ0n) is 6.02. The summed E-state index contributed by atoms with van der Waals surface area (Å²) in [4.78, 5) is 13.0. The summed E-state index contributed by atoms with van der Waals surface area (Å²) in [6, 6.07) is 0. The summed E-state index contributed by atoms with van der Waals surface area (Å²) in [5.74, 6) is -0.158. The van der Waals surface area contributed by atoms with E-state index in [1.165, 1.54) is 7.11 Å². The summed E-state index contributed by atoms with van der Waals surface area (Å²) in [5, 5.41) is 0. The Morgan fingerprint density at radius 2 is 2.30 bits per heavy atom. The molecule has 0 spiro atoms. The molecule has 60 valence electrons. The molecule has 0 saturated carbocycles. The van der Waals surface area contributed by atoms with Crippen LogP contribution in [-0.2, 0) is 9.53 Å². The summed E-state index contributed by atoms with van der Waals surface area (Å²) in [7, 11) is 1.39. The fourth-order valence-corrected chi connectivity index (χ4v) is 0.697. The minimum absolute atomic E-state index is 0.158. The third kappa shape index (κ3) is 5.85. The summed E-state index contributed by atoms with van der Waals surface area (Å²) < 4.78 is 4.44. The molecule has 0 atom stereocenters. The molecule has 1 N–H and O–H groups in total. The number of esters is 1. The van der Waals surface area contributed by atoms with Crippen molar-refractivity contribution in [3.05, 3.63) is 0 Å². The van der Waals surface area contributed by atoms with Crippen LogP contribution in [0.25, 0.3) is 0 Å². The van der Waals surface area contributed by atoms with Gasteiger partial charge in [0.05, 0.1) is 7.11 Å². The van der Waals surface area contributed by atoms with Crippen LogP contribution in [0, 0.1) is 0 Å². The molecule has 0 radical (unpaired) electrons. The Hall–Kier alpha value is -0.280. The lowest BCUT2D eigenvalue weighted by atomic mass is 10.2. The van der Waals surface area contributed by atoms with Crippen molar-refractivity contribution >= 4 is 17.7 Å². The van der Waals surface area contributed by atoms with Crippen LogP contribution in [0.3, 0.4) is 0 Å². The van der Waals surface area contributed by atoms with Gasteiger partial charge in [0.2, 0.25) is 0 Å². The Labute approximate surface area is 65.8 Å². The fourth-order valence-electron chi connectivity index (χ4n) is 0.563.